The van der Waals surface area contributed by atoms with Crippen molar-refractivity contribution in [1.82, 2.24) is 5.32 Å². The van der Waals surface area contributed by atoms with Crippen molar-refractivity contribution in [3.63, 3.8) is 0 Å². The van der Waals surface area contributed by atoms with E-state index < -0.39 is 6.29 Å². The van der Waals surface area contributed by atoms with E-state index in [1.165, 1.54) is 57.8 Å². The molecular formula is C17H36BrNO2. The van der Waals surface area contributed by atoms with Gasteiger partial charge >= 0.3 is 0 Å². The lowest BCUT2D eigenvalue weighted by Gasteiger charge is -2.19. The largest absolute Gasteiger partial charge is 0.367 e. The quantitative estimate of drug-likeness (QED) is 0.230. The summed E-state index contributed by atoms with van der Waals surface area (Å²) >= 11 is 0. The number of halogens is 1. The van der Waals surface area contributed by atoms with E-state index in [0.717, 1.165) is 12.8 Å². The molecule has 128 valence electrons. The molecule has 1 atom stereocenters. The fourth-order valence-corrected chi connectivity index (χ4v) is 2.44. The van der Waals surface area contributed by atoms with Crippen molar-refractivity contribution in [2.75, 3.05) is 6.54 Å². The van der Waals surface area contributed by atoms with Gasteiger partial charge in [0.15, 0.2) is 6.29 Å². The topological polar surface area (TPSA) is 52.5 Å². The third kappa shape index (κ3) is 16.3. The summed E-state index contributed by atoms with van der Waals surface area (Å²) in [6, 6.07) is -0.220. The van der Waals surface area contributed by atoms with Crippen LogP contribution >= 0.6 is 17.0 Å². The summed E-state index contributed by atoms with van der Waals surface area (Å²) in [7, 11) is 0. The molecule has 0 bridgehead atoms. The number of hydrogen-bond acceptors (Lipinski definition) is 3. The van der Waals surface area contributed by atoms with Gasteiger partial charge in [0.05, 0.1) is 6.04 Å². The summed E-state index contributed by atoms with van der Waals surface area (Å²) in [6.07, 6.45) is 14.3. The summed E-state index contributed by atoms with van der Waals surface area (Å²) < 4.78 is 0. The molecular weight excluding hydrogens is 330 g/mol. The molecule has 0 aliphatic carbocycles. The lowest BCUT2D eigenvalue weighted by atomic mass is 10.0. The van der Waals surface area contributed by atoms with Crippen LogP contribution in [0.4, 0.5) is 0 Å². The van der Waals surface area contributed by atoms with E-state index in [-0.39, 0.29) is 23.0 Å². The monoisotopic (exact) mass is 365 g/mol. The van der Waals surface area contributed by atoms with Crippen LogP contribution in [-0.4, -0.2) is 29.1 Å². The van der Waals surface area contributed by atoms with Gasteiger partial charge in [-0.05, 0) is 6.42 Å². The Balaban J connectivity index is 0. The maximum atomic E-state index is 9.24. The molecule has 0 aliphatic rings. The molecule has 0 amide bonds. The van der Waals surface area contributed by atoms with Crippen LogP contribution in [0.1, 0.15) is 77.6 Å². The van der Waals surface area contributed by atoms with Crippen LogP contribution in [0.5, 0.6) is 0 Å². The van der Waals surface area contributed by atoms with Crippen LogP contribution in [0, 0.1) is 0 Å². The highest BCUT2D eigenvalue weighted by atomic mass is 79.9. The zero-order valence-electron chi connectivity index (χ0n) is 13.7. The second kappa shape index (κ2) is 18.1. The Hall–Kier alpha value is 0.1000. The minimum absolute atomic E-state index is 0. The molecule has 0 aliphatic heterocycles. The number of unbranched alkanes of at least 4 members (excludes halogenated alkanes) is 9. The molecule has 0 rings (SSSR count). The van der Waals surface area contributed by atoms with Crippen LogP contribution in [0.2, 0.25) is 0 Å². The van der Waals surface area contributed by atoms with Gasteiger partial charge < -0.3 is 15.5 Å². The molecule has 0 spiro atoms. The number of nitrogens with one attached hydrogen (secondary N) is 1. The molecule has 0 fully saturated rings. The van der Waals surface area contributed by atoms with Gasteiger partial charge in [-0.25, -0.2) is 0 Å². The fraction of sp³-hybridized carbons (Fsp3) is 0.882. The van der Waals surface area contributed by atoms with Crippen molar-refractivity contribution in [3.05, 3.63) is 12.7 Å². The Labute approximate surface area is 142 Å². The van der Waals surface area contributed by atoms with Crippen molar-refractivity contribution in [2.45, 2.75) is 89.9 Å². The van der Waals surface area contributed by atoms with E-state index in [1.807, 2.05) is 0 Å². The first-order valence-electron chi connectivity index (χ1n) is 8.42. The molecule has 0 radical (unpaired) electrons. The maximum Gasteiger partial charge on any atom is 0.167 e. The van der Waals surface area contributed by atoms with Gasteiger partial charge in [0.25, 0.3) is 0 Å². The van der Waals surface area contributed by atoms with Crippen molar-refractivity contribution in [3.8, 4) is 0 Å². The number of rotatable bonds is 15. The average Bonchev–Trinajstić information content (AvgIpc) is 2.43. The molecule has 0 saturated carbocycles. The van der Waals surface area contributed by atoms with E-state index in [0.29, 0.717) is 6.54 Å². The highest BCUT2D eigenvalue weighted by Crippen LogP contribution is 2.12. The van der Waals surface area contributed by atoms with E-state index in [1.54, 1.807) is 6.08 Å². The lowest BCUT2D eigenvalue weighted by molar-refractivity contribution is -0.0683. The van der Waals surface area contributed by atoms with E-state index in [9.17, 15) is 10.2 Å². The second-order valence-corrected chi connectivity index (χ2v) is 5.69. The summed E-state index contributed by atoms with van der Waals surface area (Å²) in [6.45, 7) is 6.50. The molecule has 0 aromatic rings. The van der Waals surface area contributed by atoms with Gasteiger partial charge in [-0.3, -0.25) is 0 Å². The van der Waals surface area contributed by atoms with Gasteiger partial charge in [0.2, 0.25) is 0 Å². The Morgan fingerprint density at radius 1 is 0.905 bits per heavy atom. The second-order valence-electron chi connectivity index (χ2n) is 5.69. The van der Waals surface area contributed by atoms with Gasteiger partial charge in [-0.15, -0.1) is 23.6 Å². The number of aliphatic hydroxyl groups is 2. The maximum absolute atomic E-state index is 9.24. The molecule has 0 aromatic heterocycles. The first-order valence-corrected chi connectivity index (χ1v) is 8.42. The van der Waals surface area contributed by atoms with E-state index in [2.05, 4.69) is 18.8 Å². The minimum atomic E-state index is -1.27. The number of aliphatic hydroxyl groups excluding tert-OH is 1. The highest BCUT2D eigenvalue weighted by molar-refractivity contribution is 8.93. The lowest BCUT2D eigenvalue weighted by Crippen LogP contribution is -2.39. The summed E-state index contributed by atoms with van der Waals surface area (Å²) in [4.78, 5) is 0. The smallest absolute Gasteiger partial charge is 0.167 e. The first-order chi connectivity index (χ1) is 9.72. The van der Waals surface area contributed by atoms with Crippen molar-refractivity contribution >= 4 is 17.0 Å². The van der Waals surface area contributed by atoms with Crippen molar-refractivity contribution in [1.29, 1.82) is 0 Å². The normalized spacial score (nSPS) is 12.2. The summed E-state index contributed by atoms with van der Waals surface area (Å²) in [5, 5.41) is 21.6. The SMILES string of the molecule is Br.C=CCNC(CCCCCCCCCCCC)C(O)O. The van der Waals surface area contributed by atoms with Gasteiger partial charge in [0, 0.05) is 6.54 Å². The minimum Gasteiger partial charge on any atom is -0.367 e. The highest BCUT2D eigenvalue weighted by Gasteiger charge is 2.14. The third-order valence-corrected chi connectivity index (χ3v) is 3.75. The molecule has 1 unspecified atom stereocenters. The Kier molecular flexibility index (Phi) is 20.2. The third-order valence-electron chi connectivity index (χ3n) is 3.75. The number of hydrogen-bond donors (Lipinski definition) is 3. The van der Waals surface area contributed by atoms with Gasteiger partial charge in [0.1, 0.15) is 0 Å². The molecule has 4 heteroatoms. The van der Waals surface area contributed by atoms with E-state index >= 15 is 0 Å². The Morgan fingerprint density at radius 3 is 1.81 bits per heavy atom. The van der Waals surface area contributed by atoms with Crippen LogP contribution in [-0.2, 0) is 0 Å². The van der Waals surface area contributed by atoms with Gasteiger partial charge in [-0.2, -0.15) is 0 Å². The van der Waals surface area contributed by atoms with Crippen LogP contribution in [0.25, 0.3) is 0 Å². The molecule has 3 N–H and O–H groups in total. The molecule has 21 heavy (non-hydrogen) atoms. The van der Waals surface area contributed by atoms with Crippen LogP contribution < -0.4 is 5.32 Å². The zero-order chi connectivity index (χ0) is 15.1. The van der Waals surface area contributed by atoms with Gasteiger partial charge in [-0.1, -0.05) is 77.2 Å². The molecule has 3 nitrogen and oxygen atoms in total. The molecule has 0 aromatic carbocycles. The predicted molar refractivity (Wildman–Crippen MR) is 97.0 cm³/mol. The standard InChI is InChI=1S/C17H35NO2.BrH/c1-3-5-6-7-8-9-10-11-12-13-14-16(17(19)20)18-15-4-2;/h4,16-20H,2-3,5-15H2,1H3;1H. The van der Waals surface area contributed by atoms with Crippen LogP contribution in [0.15, 0.2) is 12.7 Å². The van der Waals surface area contributed by atoms with Crippen molar-refractivity contribution in [2.24, 2.45) is 0 Å². The molecule has 0 heterocycles. The molecule has 0 saturated heterocycles. The van der Waals surface area contributed by atoms with Crippen LogP contribution in [0.3, 0.4) is 0 Å². The predicted octanol–water partition coefficient (Wildman–Crippen LogP) is 4.33. The first kappa shape index (κ1) is 23.4. The summed E-state index contributed by atoms with van der Waals surface area (Å²) in [5.41, 5.74) is 0. The summed E-state index contributed by atoms with van der Waals surface area (Å²) in [5.74, 6) is 0. The van der Waals surface area contributed by atoms with E-state index in [4.69, 9.17) is 0 Å². The Morgan fingerprint density at radius 2 is 1.38 bits per heavy atom. The fourth-order valence-electron chi connectivity index (χ4n) is 2.44. The zero-order valence-corrected chi connectivity index (χ0v) is 15.4. The average molecular weight is 366 g/mol. The van der Waals surface area contributed by atoms with Crippen molar-refractivity contribution < 1.29 is 10.2 Å². The Bertz CT molecular complexity index is 213.